The van der Waals surface area contributed by atoms with Crippen LogP contribution in [0.15, 0.2) is 23.1 Å². The van der Waals surface area contributed by atoms with Gasteiger partial charge in [0.25, 0.3) is 5.91 Å². The largest absolute Gasteiger partial charge is 0.495 e. The third kappa shape index (κ3) is 3.88. The molecule has 9 nitrogen and oxygen atoms in total. The summed E-state index contributed by atoms with van der Waals surface area (Å²) in [5, 5.41) is 12.1. The van der Waals surface area contributed by atoms with Crippen molar-refractivity contribution in [2.24, 2.45) is 0 Å². The maximum atomic E-state index is 13.0. The highest BCUT2D eigenvalue weighted by Gasteiger charge is 2.31. The number of morpholine rings is 1. The van der Waals surface area contributed by atoms with Crippen LogP contribution in [0.25, 0.3) is 0 Å². The van der Waals surface area contributed by atoms with Gasteiger partial charge in [0.2, 0.25) is 15.2 Å². The Bertz CT molecular complexity index is 981. The van der Waals surface area contributed by atoms with E-state index in [0.717, 1.165) is 17.8 Å². The number of nitrogens with one attached hydrogen (secondary N) is 1. The van der Waals surface area contributed by atoms with Gasteiger partial charge in [-0.25, -0.2) is 8.42 Å². The molecule has 2 aliphatic rings. The molecule has 0 radical (unpaired) electrons. The van der Waals surface area contributed by atoms with Gasteiger partial charge in [-0.2, -0.15) is 4.31 Å². The highest BCUT2D eigenvalue weighted by molar-refractivity contribution is 7.89. The van der Waals surface area contributed by atoms with Gasteiger partial charge in [0.1, 0.15) is 15.7 Å². The van der Waals surface area contributed by atoms with Gasteiger partial charge >= 0.3 is 0 Å². The number of sulfonamides is 1. The third-order valence-corrected chi connectivity index (χ3v) is 7.52. The lowest BCUT2D eigenvalue weighted by Gasteiger charge is -2.26. The molecule has 1 aromatic heterocycles. The summed E-state index contributed by atoms with van der Waals surface area (Å²) in [6, 6.07) is 4.34. The number of amides is 1. The van der Waals surface area contributed by atoms with Crippen LogP contribution in [0.5, 0.6) is 5.75 Å². The fourth-order valence-electron chi connectivity index (χ4n) is 2.90. The molecular formula is C17H20N4O5S2. The minimum atomic E-state index is -3.81. The van der Waals surface area contributed by atoms with Gasteiger partial charge in [-0.3, -0.25) is 10.1 Å². The van der Waals surface area contributed by atoms with Crippen LogP contribution in [0.1, 0.15) is 34.1 Å². The maximum absolute atomic E-state index is 13.0. The summed E-state index contributed by atoms with van der Waals surface area (Å²) in [4.78, 5) is 12.6. The van der Waals surface area contributed by atoms with E-state index in [1.165, 1.54) is 41.0 Å². The fraction of sp³-hybridized carbons (Fsp3) is 0.471. The smallest absolute Gasteiger partial charge is 0.257 e. The van der Waals surface area contributed by atoms with E-state index in [0.29, 0.717) is 24.3 Å². The Kier molecular flexibility index (Phi) is 5.32. The molecule has 150 valence electrons. The van der Waals surface area contributed by atoms with Crippen LogP contribution in [0.2, 0.25) is 0 Å². The lowest BCUT2D eigenvalue weighted by Crippen LogP contribution is -2.40. The van der Waals surface area contributed by atoms with Gasteiger partial charge < -0.3 is 9.47 Å². The number of rotatable bonds is 6. The van der Waals surface area contributed by atoms with Crippen LogP contribution in [0.3, 0.4) is 0 Å². The van der Waals surface area contributed by atoms with Gasteiger partial charge in [-0.05, 0) is 31.0 Å². The average Bonchev–Trinajstić information content (AvgIpc) is 3.47. The molecule has 11 heteroatoms. The quantitative estimate of drug-likeness (QED) is 0.751. The van der Waals surface area contributed by atoms with Crippen molar-refractivity contribution in [2.45, 2.75) is 23.7 Å². The van der Waals surface area contributed by atoms with E-state index >= 15 is 0 Å². The van der Waals surface area contributed by atoms with Crippen molar-refractivity contribution >= 4 is 32.4 Å². The summed E-state index contributed by atoms with van der Waals surface area (Å²) < 4.78 is 37.8. The molecule has 2 aromatic rings. The van der Waals surface area contributed by atoms with Crippen molar-refractivity contribution in [3.05, 3.63) is 28.8 Å². The van der Waals surface area contributed by atoms with Crippen molar-refractivity contribution in [3.8, 4) is 5.75 Å². The molecule has 1 saturated heterocycles. The van der Waals surface area contributed by atoms with Gasteiger partial charge in [0, 0.05) is 24.6 Å². The predicted octanol–water partition coefficient (Wildman–Crippen LogP) is 1.70. The molecule has 1 saturated carbocycles. The zero-order chi connectivity index (χ0) is 19.7. The topological polar surface area (TPSA) is 111 Å². The highest BCUT2D eigenvalue weighted by Crippen LogP contribution is 2.42. The number of methoxy groups -OCH3 is 1. The standard InChI is InChI=1S/C17H20N4O5S2/c1-25-13-5-4-12(10-14(13)28(23,24)21-6-8-26-9-7-21)15(22)18-17-20-19-16(27-17)11-2-3-11/h4-5,10-11H,2-3,6-9H2,1H3,(H,18,20,22). The average molecular weight is 425 g/mol. The van der Waals surface area contributed by atoms with E-state index in [-0.39, 0.29) is 29.3 Å². The second-order valence-electron chi connectivity index (χ2n) is 6.56. The first-order valence-electron chi connectivity index (χ1n) is 8.90. The Balaban J connectivity index is 1.59. The summed E-state index contributed by atoms with van der Waals surface area (Å²) >= 11 is 1.35. The number of hydrogen-bond donors (Lipinski definition) is 1. The molecule has 1 aromatic carbocycles. The summed E-state index contributed by atoms with van der Waals surface area (Å²) in [5.74, 6) is 0.198. The summed E-state index contributed by atoms with van der Waals surface area (Å²) in [5.41, 5.74) is 0.204. The first-order chi connectivity index (χ1) is 13.5. The molecule has 1 aliphatic heterocycles. The predicted molar refractivity (Wildman–Crippen MR) is 102 cm³/mol. The van der Waals surface area contributed by atoms with Crippen LogP contribution < -0.4 is 10.1 Å². The van der Waals surface area contributed by atoms with E-state index in [1.807, 2.05) is 0 Å². The number of carbonyl (C=O) groups excluding carboxylic acids is 1. The second-order valence-corrected chi connectivity index (χ2v) is 9.47. The highest BCUT2D eigenvalue weighted by atomic mass is 32.2. The number of aromatic nitrogens is 2. The van der Waals surface area contributed by atoms with E-state index in [9.17, 15) is 13.2 Å². The number of carbonyl (C=O) groups is 1. The van der Waals surface area contributed by atoms with Crippen molar-refractivity contribution in [3.63, 3.8) is 0 Å². The summed E-state index contributed by atoms with van der Waals surface area (Å²) in [7, 11) is -2.41. The van der Waals surface area contributed by atoms with Crippen molar-refractivity contribution < 1.29 is 22.7 Å². The van der Waals surface area contributed by atoms with Crippen LogP contribution in [0.4, 0.5) is 5.13 Å². The molecular weight excluding hydrogens is 404 g/mol. The number of benzene rings is 1. The van der Waals surface area contributed by atoms with Gasteiger partial charge in [0.15, 0.2) is 0 Å². The Morgan fingerprint density at radius 3 is 2.71 bits per heavy atom. The monoisotopic (exact) mass is 424 g/mol. The number of ether oxygens (including phenoxy) is 2. The molecule has 0 spiro atoms. The van der Waals surface area contributed by atoms with Crippen LogP contribution in [-0.2, 0) is 14.8 Å². The molecule has 0 atom stereocenters. The molecule has 4 rings (SSSR count). The lowest BCUT2D eigenvalue weighted by atomic mass is 10.2. The van der Waals surface area contributed by atoms with E-state index < -0.39 is 15.9 Å². The van der Waals surface area contributed by atoms with Crippen LogP contribution >= 0.6 is 11.3 Å². The number of anilines is 1. The molecule has 1 amide bonds. The molecule has 1 N–H and O–H groups in total. The summed E-state index contributed by atoms with van der Waals surface area (Å²) in [6.45, 7) is 1.19. The molecule has 28 heavy (non-hydrogen) atoms. The molecule has 0 unspecified atom stereocenters. The number of hydrogen-bond acceptors (Lipinski definition) is 8. The van der Waals surface area contributed by atoms with Gasteiger partial charge in [0.05, 0.1) is 20.3 Å². The number of nitrogens with zero attached hydrogens (tertiary/aromatic N) is 3. The Hall–Kier alpha value is -2.08. The minimum Gasteiger partial charge on any atom is -0.495 e. The summed E-state index contributed by atoms with van der Waals surface area (Å²) in [6.07, 6.45) is 2.20. The van der Waals surface area contributed by atoms with Crippen LogP contribution in [0, 0.1) is 0 Å². The van der Waals surface area contributed by atoms with Crippen molar-refractivity contribution in [1.29, 1.82) is 0 Å². The molecule has 2 heterocycles. The normalized spacial score (nSPS) is 18.0. The first-order valence-corrected chi connectivity index (χ1v) is 11.2. The fourth-order valence-corrected chi connectivity index (χ4v) is 5.39. The van der Waals surface area contributed by atoms with Gasteiger partial charge in [-0.1, -0.05) is 11.3 Å². The molecule has 0 bridgehead atoms. The van der Waals surface area contributed by atoms with Crippen molar-refractivity contribution in [2.75, 3.05) is 38.7 Å². The SMILES string of the molecule is COc1ccc(C(=O)Nc2nnc(C3CC3)s2)cc1S(=O)(=O)N1CCOCC1. The maximum Gasteiger partial charge on any atom is 0.257 e. The minimum absolute atomic E-state index is 0.0412. The zero-order valence-electron chi connectivity index (χ0n) is 15.3. The van der Waals surface area contributed by atoms with Crippen LogP contribution in [-0.4, -0.2) is 62.2 Å². The Labute approximate surface area is 166 Å². The Morgan fingerprint density at radius 2 is 2.04 bits per heavy atom. The van der Waals surface area contributed by atoms with E-state index in [2.05, 4.69) is 15.5 Å². The van der Waals surface area contributed by atoms with Gasteiger partial charge in [-0.15, -0.1) is 10.2 Å². The first kappa shape index (κ1) is 19.2. The lowest BCUT2D eigenvalue weighted by molar-refractivity contribution is 0.0729. The third-order valence-electron chi connectivity index (χ3n) is 4.60. The zero-order valence-corrected chi connectivity index (χ0v) is 16.9. The molecule has 1 aliphatic carbocycles. The Morgan fingerprint density at radius 1 is 1.29 bits per heavy atom. The second kappa shape index (κ2) is 7.74. The van der Waals surface area contributed by atoms with Crippen molar-refractivity contribution in [1.82, 2.24) is 14.5 Å². The van der Waals surface area contributed by atoms with E-state index in [4.69, 9.17) is 9.47 Å². The molecule has 2 fully saturated rings. The van der Waals surface area contributed by atoms with E-state index in [1.54, 1.807) is 0 Å².